The van der Waals surface area contributed by atoms with E-state index in [0.717, 1.165) is 16.5 Å². The number of nitrogens with zero attached hydrogens (tertiary/aromatic N) is 2. The molecule has 19 heavy (non-hydrogen) atoms. The summed E-state index contributed by atoms with van der Waals surface area (Å²) in [5.41, 5.74) is 0. The molecule has 4 nitrogen and oxygen atoms in total. The average molecular weight is 252 g/mol. The Hall–Kier alpha value is -2.62. The molecule has 2 heterocycles. The molecule has 0 amide bonds. The number of ether oxygens (including phenoxy) is 2. The number of hydrogen-bond donors (Lipinski definition) is 0. The largest absolute Gasteiger partial charge is 0.481 e. The third-order valence-electron chi connectivity index (χ3n) is 2.77. The zero-order valence-corrected chi connectivity index (χ0v) is 10.4. The van der Waals surface area contributed by atoms with Crippen LogP contribution >= 0.6 is 0 Å². The summed E-state index contributed by atoms with van der Waals surface area (Å²) >= 11 is 0. The van der Waals surface area contributed by atoms with E-state index in [2.05, 4.69) is 9.97 Å². The van der Waals surface area contributed by atoms with Gasteiger partial charge in [0.05, 0.1) is 13.3 Å². The Kier molecular flexibility index (Phi) is 2.98. The molecule has 0 aliphatic rings. The summed E-state index contributed by atoms with van der Waals surface area (Å²) in [5.74, 6) is 1.99. The Morgan fingerprint density at radius 2 is 1.79 bits per heavy atom. The minimum absolute atomic E-state index is 0.565. The van der Waals surface area contributed by atoms with Crippen LogP contribution in [0, 0.1) is 0 Å². The van der Waals surface area contributed by atoms with E-state index in [1.165, 1.54) is 0 Å². The van der Waals surface area contributed by atoms with Crippen molar-refractivity contribution < 1.29 is 9.47 Å². The van der Waals surface area contributed by atoms with Crippen molar-refractivity contribution in [2.75, 3.05) is 7.11 Å². The molecule has 2 aromatic heterocycles. The summed E-state index contributed by atoms with van der Waals surface area (Å²) in [5, 5.41) is 2.18. The number of fused-ring (bicyclic) bond motifs is 1. The minimum Gasteiger partial charge on any atom is -0.481 e. The fraction of sp³-hybridized carbons (Fsp3) is 0.0667. The summed E-state index contributed by atoms with van der Waals surface area (Å²) in [6, 6.07) is 11.4. The Bertz CT molecular complexity index is 696. The van der Waals surface area contributed by atoms with Gasteiger partial charge in [-0.1, -0.05) is 6.07 Å². The van der Waals surface area contributed by atoms with E-state index in [-0.39, 0.29) is 0 Å². The van der Waals surface area contributed by atoms with Crippen molar-refractivity contribution in [3.05, 3.63) is 55.0 Å². The molecule has 4 heteroatoms. The Labute approximate surface area is 110 Å². The number of rotatable bonds is 3. The number of hydrogen-bond acceptors (Lipinski definition) is 4. The van der Waals surface area contributed by atoms with Crippen molar-refractivity contribution >= 4 is 10.8 Å². The first-order valence-electron chi connectivity index (χ1n) is 5.87. The molecule has 0 saturated carbocycles. The highest BCUT2D eigenvalue weighted by Crippen LogP contribution is 2.25. The molecular formula is C15H12N2O2. The molecule has 0 atom stereocenters. The maximum absolute atomic E-state index is 5.74. The van der Waals surface area contributed by atoms with Gasteiger partial charge in [-0.25, -0.2) is 4.98 Å². The lowest BCUT2D eigenvalue weighted by Crippen LogP contribution is -1.89. The molecule has 1 aromatic carbocycles. The van der Waals surface area contributed by atoms with Crippen LogP contribution in [-0.2, 0) is 0 Å². The third-order valence-corrected chi connectivity index (χ3v) is 2.77. The van der Waals surface area contributed by atoms with Gasteiger partial charge in [-0.15, -0.1) is 0 Å². The van der Waals surface area contributed by atoms with E-state index >= 15 is 0 Å². The van der Waals surface area contributed by atoms with Crippen LogP contribution in [0.2, 0.25) is 0 Å². The monoisotopic (exact) mass is 252 g/mol. The van der Waals surface area contributed by atoms with Gasteiger partial charge < -0.3 is 9.47 Å². The number of pyridine rings is 2. The van der Waals surface area contributed by atoms with Gasteiger partial charge in [0.1, 0.15) is 11.5 Å². The molecule has 0 aliphatic heterocycles. The van der Waals surface area contributed by atoms with Crippen LogP contribution in [0.25, 0.3) is 10.8 Å². The van der Waals surface area contributed by atoms with Crippen LogP contribution in [0.4, 0.5) is 0 Å². The van der Waals surface area contributed by atoms with E-state index in [0.29, 0.717) is 11.6 Å². The van der Waals surface area contributed by atoms with Gasteiger partial charge in [0.15, 0.2) is 0 Å². The van der Waals surface area contributed by atoms with Crippen LogP contribution in [0.5, 0.6) is 17.4 Å². The molecule has 94 valence electrons. The van der Waals surface area contributed by atoms with Gasteiger partial charge in [0.2, 0.25) is 5.88 Å². The Morgan fingerprint density at radius 3 is 2.58 bits per heavy atom. The number of aromatic nitrogens is 2. The lowest BCUT2D eigenvalue weighted by molar-refractivity contribution is 0.395. The predicted molar refractivity (Wildman–Crippen MR) is 72.6 cm³/mol. The minimum atomic E-state index is 0.565. The van der Waals surface area contributed by atoms with Gasteiger partial charge in [-0.2, -0.15) is 0 Å². The second kappa shape index (κ2) is 4.94. The topological polar surface area (TPSA) is 44.2 Å². The first kappa shape index (κ1) is 11.5. The van der Waals surface area contributed by atoms with Crippen molar-refractivity contribution in [1.29, 1.82) is 0 Å². The van der Waals surface area contributed by atoms with Gasteiger partial charge in [-0.3, -0.25) is 4.98 Å². The van der Waals surface area contributed by atoms with Crippen molar-refractivity contribution in [3.8, 4) is 17.4 Å². The van der Waals surface area contributed by atoms with Crippen LogP contribution in [0.15, 0.2) is 55.0 Å². The standard InChI is InChI=1S/C15H12N2O2/c1-18-15-5-4-14(10-17-15)19-13-3-2-11-6-7-16-9-12(11)8-13/h2-10H,1H3. The summed E-state index contributed by atoms with van der Waals surface area (Å²) in [6.07, 6.45) is 5.22. The molecule has 0 fully saturated rings. The molecule has 0 saturated heterocycles. The molecule has 0 radical (unpaired) electrons. The third kappa shape index (κ3) is 2.47. The number of methoxy groups -OCH3 is 1. The summed E-state index contributed by atoms with van der Waals surface area (Å²) in [6.45, 7) is 0. The van der Waals surface area contributed by atoms with Gasteiger partial charge in [0.25, 0.3) is 0 Å². The first-order valence-corrected chi connectivity index (χ1v) is 5.87. The molecule has 0 N–H and O–H groups in total. The van der Waals surface area contributed by atoms with E-state index in [1.54, 1.807) is 25.6 Å². The van der Waals surface area contributed by atoms with Crippen LogP contribution in [0.3, 0.4) is 0 Å². The molecule has 0 aliphatic carbocycles. The lowest BCUT2D eigenvalue weighted by Gasteiger charge is -2.06. The van der Waals surface area contributed by atoms with Crippen LogP contribution in [0.1, 0.15) is 0 Å². The normalized spacial score (nSPS) is 10.4. The summed E-state index contributed by atoms with van der Waals surface area (Å²) in [7, 11) is 1.58. The van der Waals surface area contributed by atoms with E-state index < -0.39 is 0 Å². The number of benzene rings is 1. The van der Waals surface area contributed by atoms with E-state index in [4.69, 9.17) is 9.47 Å². The van der Waals surface area contributed by atoms with Crippen molar-refractivity contribution in [2.24, 2.45) is 0 Å². The second-order valence-electron chi connectivity index (χ2n) is 4.02. The van der Waals surface area contributed by atoms with E-state index in [9.17, 15) is 0 Å². The van der Waals surface area contributed by atoms with Gasteiger partial charge in [-0.05, 0) is 29.7 Å². The van der Waals surface area contributed by atoms with Crippen LogP contribution in [-0.4, -0.2) is 17.1 Å². The quantitative estimate of drug-likeness (QED) is 0.716. The maximum Gasteiger partial charge on any atom is 0.213 e. The maximum atomic E-state index is 5.74. The zero-order valence-electron chi connectivity index (χ0n) is 10.4. The Balaban J connectivity index is 1.87. The Morgan fingerprint density at radius 1 is 0.895 bits per heavy atom. The molecule has 3 aromatic rings. The fourth-order valence-electron chi connectivity index (χ4n) is 1.81. The zero-order chi connectivity index (χ0) is 13.1. The highest BCUT2D eigenvalue weighted by molar-refractivity contribution is 5.82. The van der Waals surface area contributed by atoms with Crippen molar-refractivity contribution in [1.82, 2.24) is 9.97 Å². The predicted octanol–water partition coefficient (Wildman–Crippen LogP) is 3.43. The van der Waals surface area contributed by atoms with Gasteiger partial charge in [0, 0.05) is 23.8 Å². The lowest BCUT2D eigenvalue weighted by atomic mass is 10.2. The SMILES string of the molecule is COc1ccc(Oc2ccc3ccncc3c2)cn1. The van der Waals surface area contributed by atoms with Crippen molar-refractivity contribution in [3.63, 3.8) is 0 Å². The molecule has 0 unspecified atom stereocenters. The average Bonchev–Trinajstić information content (AvgIpc) is 2.48. The molecular weight excluding hydrogens is 240 g/mol. The van der Waals surface area contributed by atoms with Crippen molar-refractivity contribution in [2.45, 2.75) is 0 Å². The van der Waals surface area contributed by atoms with Crippen LogP contribution < -0.4 is 9.47 Å². The summed E-state index contributed by atoms with van der Waals surface area (Å²) in [4.78, 5) is 8.20. The molecule has 0 bridgehead atoms. The smallest absolute Gasteiger partial charge is 0.213 e. The highest BCUT2D eigenvalue weighted by atomic mass is 16.5. The first-order chi connectivity index (χ1) is 9.35. The highest BCUT2D eigenvalue weighted by Gasteiger charge is 2.00. The summed E-state index contributed by atoms with van der Waals surface area (Å²) < 4.78 is 10.7. The second-order valence-corrected chi connectivity index (χ2v) is 4.02. The van der Waals surface area contributed by atoms with E-state index in [1.807, 2.05) is 36.5 Å². The molecule has 0 spiro atoms. The van der Waals surface area contributed by atoms with Gasteiger partial charge >= 0.3 is 0 Å². The molecule has 3 rings (SSSR count). The fourth-order valence-corrected chi connectivity index (χ4v) is 1.81.